The molecule has 1 aromatic heterocycles. The van der Waals surface area contributed by atoms with Crippen LogP contribution in [0.3, 0.4) is 0 Å². The Kier molecular flexibility index (Phi) is 5.51. The van der Waals surface area contributed by atoms with Crippen LogP contribution in [-0.2, 0) is 10.6 Å². The molecule has 0 fully saturated rings. The summed E-state index contributed by atoms with van der Waals surface area (Å²) in [6.07, 6.45) is -1.62. The lowest BCUT2D eigenvalue weighted by Crippen LogP contribution is -2.11. The molecule has 0 bridgehead atoms. The minimum Gasteiger partial charge on any atom is -0.462 e. The molecule has 0 saturated carbocycles. The summed E-state index contributed by atoms with van der Waals surface area (Å²) in [5.41, 5.74) is -0.0576. The number of esters is 1. The van der Waals surface area contributed by atoms with Crippen molar-refractivity contribution in [3.63, 3.8) is 0 Å². The Morgan fingerprint density at radius 1 is 1.65 bits per heavy atom. The van der Waals surface area contributed by atoms with Crippen molar-refractivity contribution in [2.24, 2.45) is 0 Å². The number of carbonyl (C=O) groups is 1. The molecule has 3 nitrogen and oxygen atoms in total. The number of rotatable bonds is 4. The monoisotopic (exact) mass is 375 g/mol. The van der Waals surface area contributed by atoms with Gasteiger partial charge in [0.1, 0.15) is 5.69 Å². The fourth-order valence-corrected chi connectivity index (χ4v) is 2.53. The minimum atomic E-state index is -2.71. The smallest absolute Gasteiger partial charge is 0.340 e. The van der Waals surface area contributed by atoms with Gasteiger partial charge in [0.2, 0.25) is 0 Å². The summed E-state index contributed by atoms with van der Waals surface area (Å²) in [4.78, 5) is 15.1. The van der Waals surface area contributed by atoms with E-state index in [1.54, 1.807) is 29.5 Å². The van der Waals surface area contributed by atoms with Crippen LogP contribution in [0.5, 0.6) is 0 Å². The van der Waals surface area contributed by atoms with Gasteiger partial charge in [-0.3, -0.25) is 4.98 Å². The third-order valence-corrected chi connectivity index (χ3v) is 3.48. The first-order valence-electron chi connectivity index (χ1n) is 4.71. The lowest BCUT2D eigenvalue weighted by molar-refractivity contribution is 0.0523. The average Bonchev–Trinajstić information content (AvgIpc) is 2.28. The van der Waals surface area contributed by atoms with Gasteiger partial charge in [0.05, 0.1) is 18.1 Å². The van der Waals surface area contributed by atoms with Crippen LogP contribution in [0.4, 0.5) is 8.78 Å². The van der Waals surface area contributed by atoms with E-state index in [0.717, 1.165) is 6.20 Å². The van der Waals surface area contributed by atoms with E-state index in [4.69, 9.17) is 16.3 Å². The van der Waals surface area contributed by atoms with Crippen molar-refractivity contribution in [1.29, 1.82) is 0 Å². The summed E-state index contributed by atoms with van der Waals surface area (Å²) in [5.74, 6) is -0.713. The van der Waals surface area contributed by atoms with Crippen molar-refractivity contribution in [3.8, 4) is 0 Å². The zero-order valence-electron chi connectivity index (χ0n) is 8.84. The number of hydrogen-bond acceptors (Lipinski definition) is 3. The molecule has 1 heterocycles. The second-order valence-corrected chi connectivity index (χ2v) is 4.35. The van der Waals surface area contributed by atoms with Crippen LogP contribution in [0, 0.1) is 3.57 Å². The van der Waals surface area contributed by atoms with Crippen molar-refractivity contribution in [2.45, 2.75) is 19.2 Å². The number of aromatic nitrogens is 1. The summed E-state index contributed by atoms with van der Waals surface area (Å²) in [5, 5.41) is 0. The van der Waals surface area contributed by atoms with Gasteiger partial charge in [-0.2, -0.15) is 0 Å². The molecule has 0 radical (unpaired) electrons. The molecule has 1 aromatic rings. The maximum absolute atomic E-state index is 12.6. The molecule has 17 heavy (non-hydrogen) atoms. The highest BCUT2D eigenvalue weighted by Gasteiger charge is 2.22. The zero-order valence-corrected chi connectivity index (χ0v) is 11.8. The Labute approximate surface area is 116 Å². The van der Waals surface area contributed by atoms with E-state index in [9.17, 15) is 13.6 Å². The summed E-state index contributed by atoms with van der Waals surface area (Å²) >= 11 is 7.40. The fraction of sp³-hybridized carbons (Fsp3) is 0.400. The molecule has 0 amide bonds. The van der Waals surface area contributed by atoms with E-state index in [-0.39, 0.29) is 23.6 Å². The first-order chi connectivity index (χ1) is 8.02. The molecule has 0 saturated heterocycles. The number of hydrogen-bond donors (Lipinski definition) is 0. The molecule has 0 N–H and O–H groups in total. The first kappa shape index (κ1) is 14.6. The lowest BCUT2D eigenvalue weighted by atomic mass is 10.1. The van der Waals surface area contributed by atoms with Gasteiger partial charge >= 0.3 is 5.97 Å². The van der Waals surface area contributed by atoms with Gasteiger partial charge in [0, 0.05) is 15.3 Å². The summed E-state index contributed by atoms with van der Waals surface area (Å²) in [6.45, 7) is 1.87. The third kappa shape index (κ3) is 3.25. The topological polar surface area (TPSA) is 39.2 Å². The van der Waals surface area contributed by atoms with E-state index in [1.807, 2.05) is 0 Å². The molecule has 0 unspecified atom stereocenters. The second-order valence-electron chi connectivity index (χ2n) is 3.00. The van der Waals surface area contributed by atoms with E-state index in [0.29, 0.717) is 3.57 Å². The maximum Gasteiger partial charge on any atom is 0.340 e. The number of ether oxygens (including phenoxy) is 1. The largest absolute Gasteiger partial charge is 0.462 e. The van der Waals surface area contributed by atoms with Crippen molar-refractivity contribution in [1.82, 2.24) is 4.98 Å². The number of alkyl halides is 3. The van der Waals surface area contributed by atoms with Gasteiger partial charge < -0.3 is 4.74 Å². The quantitative estimate of drug-likeness (QED) is 0.459. The van der Waals surface area contributed by atoms with Crippen LogP contribution in [-0.4, -0.2) is 17.6 Å². The van der Waals surface area contributed by atoms with Crippen LogP contribution >= 0.6 is 34.2 Å². The molecular weight excluding hydrogens is 366 g/mol. The second kappa shape index (κ2) is 6.44. The van der Waals surface area contributed by atoms with Crippen LogP contribution in [0.15, 0.2) is 6.20 Å². The van der Waals surface area contributed by atoms with Gasteiger partial charge in [0.25, 0.3) is 6.43 Å². The summed E-state index contributed by atoms with van der Waals surface area (Å²) in [6, 6.07) is 0. The Morgan fingerprint density at radius 2 is 2.29 bits per heavy atom. The number of pyridine rings is 1. The predicted octanol–water partition coefficient (Wildman–Crippen LogP) is 3.54. The van der Waals surface area contributed by atoms with Crippen LogP contribution in [0.25, 0.3) is 0 Å². The lowest BCUT2D eigenvalue weighted by Gasteiger charge is -2.11. The number of nitrogens with zero attached hydrogens (tertiary/aromatic N) is 1. The van der Waals surface area contributed by atoms with Crippen LogP contribution < -0.4 is 0 Å². The fourth-order valence-electron chi connectivity index (χ4n) is 1.21. The van der Waals surface area contributed by atoms with Crippen molar-refractivity contribution < 1.29 is 18.3 Å². The van der Waals surface area contributed by atoms with E-state index in [1.165, 1.54) is 0 Å². The minimum absolute atomic E-state index is 0.127. The highest BCUT2D eigenvalue weighted by atomic mass is 127. The first-order valence-corrected chi connectivity index (χ1v) is 6.32. The molecule has 0 aliphatic heterocycles. The zero-order chi connectivity index (χ0) is 13.0. The van der Waals surface area contributed by atoms with Gasteiger partial charge in [-0.15, -0.1) is 11.6 Å². The molecule has 94 valence electrons. The van der Waals surface area contributed by atoms with Crippen LogP contribution in [0.2, 0.25) is 0 Å². The number of halogens is 4. The van der Waals surface area contributed by atoms with Crippen LogP contribution in [0.1, 0.15) is 35.0 Å². The molecular formula is C10H9ClF2INO2. The molecule has 0 atom stereocenters. The highest BCUT2D eigenvalue weighted by Crippen LogP contribution is 2.28. The Balaban J connectivity index is 3.24. The summed E-state index contributed by atoms with van der Waals surface area (Å²) in [7, 11) is 0. The number of carbonyl (C=O) groups excluding carboxylic acids is 1. The van der Waals surface area contributed by atoms with Crippen molar-refractivity contribution >= 4 is 40.2 Å². The molecule has 7 heteroatoms. The molecule has 1 rings (SSSR count). The van der Waals surface area contributed by atoms with Gasteiger partial charge in [0.15, 0.2) is 0 Å². The van der Waals surface area contributed by atoms with Gasteiger partial charge in [-0.25, -0.2) is 13.6 Å². The van der Waals surface area contributed by atoms with E-state index < -0.39 is 18.1 Å². The molecule has 0 spiro atoms. The standard InChI is InChI=1S/C10H9ClF2INO2/c1-2-17-10(16)6-4-15-8(9(12)13)5(3-11)7(6)14/h4,9H,2-3H2,1H3. The van der Waals surface area contributed by atoms with Gasteiger partial charge in [-0.1, -0.05) is 0 Å². The van der Waals surface area contributed by atoms with Crippen molar-refractivity contribution in [3.05, 3.63) is 26.6 Å². The molecule has 0 aliphatic rings. The average molecular weight is 376 g/mol. The Bertz CT molecular complexity index is 429. The SMILES string of the molecule is CCOC(=O)c1cnc(C(F)F)c(CCl)c1I. The maximum atomic E-state index is 12.6. The Morgan fingerprint density at radius 3 is 2.76 bits per heavy atom. The van der Waals surface area contributed by atoms with E-state index >= 15 is 0 Å². The molecule has 0 aliphatic carbocycles. The summed E-state index contributed by atoms with van der Waals surface area (Å²) < 4.78 is 30.4. The highest BCUT2D eigenvalue weighted by molar-refractivity contribution is 14.1. The van der Waals surface area contributed by atoms with E-state index in [2.05, 4.69) is 4.98 Å². The van der Waals surface area contributed by atoms with Gasteiger partial charge in [-0.05, 0) is 29.5 Å². The van der Waals surface area contributed by atoms with Crippen molar-refractivity contribution in [2.75, 3.05) is 6.61 Å². The third-order valence-electron chi connectivity index (χ3n) is 1.98. The molecule has 0 aromatic carbocycles. The normalized spacial score (nSPS) is 10.7. The predicted molar refractivity (Wildman–Crippen MR) is 67.4 cm³/mol. The Hall–Kier alpha value is -0.500.